The van der Waals surface area contributed by atoms with E-state index >= 15 is 0 Å². The van der Waals surface area contributed by atoms with Crippen LogP contribution in [0.2, 0.25) is 0 Å². The molecule has 0 N–H and O–H groups in total. The van der Waals surface area contributed by atoms with Crippen LogP contribution in [-0.4, -0.2) is 27.0 Å². The van der Waals surface area contributed by atoms with Crippen LogP contribution in [0.3, 0.4) is 0 Å². The molecule has 0 saturated heterocycles. The molecule has 2 rings (SSSR count). The molecule has 0 bridgehead atoms. The lowest BCUT2D eigenvalue weighted by atomic mass is 10.2. The summed E-state index contributed by atoms with van der Waals surface area (Å²) in [4.78, 5) is 10.9. The molecule has 0 fully saturated rings. The number of carbonyl (C=O) groups excluding carboxylic acids is 1. The van der Waals surface area contributed by atoms with Gasteiger partial charge in [-0.1, -0.05) is 33.3 Å². The van der Waals surface area contributed by atoms with Crippen LogP contribution in [0.4, 0.5) is 13.2 Å². The zero-order valence-electron chi connectivity index (χ0n) is 9.36. The van der Waals surface area contributed by atoms with Crippen molar-refractivity contribution in [3.8, 4) is 0 Å². The van der Waals surface area contributed by atoms with Crippen LogP contribution in [-0.2, 0) is 6.54 Å². The minimum Gasteiger partial charge on any atom is -0.282 e. The quantitative estimate of drug-likeness (QED) is 0.811. The summed E-state index contributed by atoms with van der Waals surface area (Å²) < 4.78 is 38.6. The average Bonchev–Trinajstić information content (AvgIpc) is 2.78. The highest BCUT2D eigenvalue weighted by Gasteiger charge is 2.41. The van der Waals surface area contributed by atoms with Crippen LogP contribution in [0.5, 0.6) is 0 Å². The van der Waals surface area contributed by atoms with Gasteiger partial charge in [-0.25, -0.2) is 4.68 Å². The van der Waals surface area contributed by atoms with Crippen molar-refractivity contribution in [1.29, 1.82) is 0 Å². The van der Waals surface area contributed by atoms with Crippen LogP contribution >= 0.6 is 15.9 Å². The number of rotatable bonds is 3. The van der Waals surface area contributed by atoms with Gasteiger partial charge in [0.15, 0.2) is 5.69 Å². The smallest absolute Gasteiger partial charge is 0.282 e. The van der Waals surface area contributed by atoms with Crippen molar-refractivity contribution in [1.82, 2.24) is 15.0 Å². The number of ketones is 1. The number of carbonyl (C=O) groups is 1. The van der Waals surface area contributed by atoms with Crippen LogP contribution in [0.25, 0.3) is 0 Å². The first kappa shape index (κ1) is 13.7. The Morgan fingerprint density at radius 1 is 1.26 bits per heavy atom. The Morgan fingerprint density at radius 2 is 1.89 bits per heavy atom. The second kappa shape index (κ2) is 5.12. The van der Waals surface area contributed by atoms with Crippen LogP contribution in [0.15, 0.2) is 34.9 Å². The van der Waals surface area contributed by atoms with Crippen molar-refractivity contribution < 1.29 is 18.0 Å². The minimum atomic E-state index is -4.93. The summed E-state index contributed by atoms with van der Waals surface area (Å²) in [6.45, 7) is 0.241. The molecule has 0 aliphatic carbocycles. The van der Waals surface area contributed by atoms with E-state index < -0.39 is 17.7 Å². The van der Waals surface area contributed by atoms with Crippen molar-refractivity contribution in [2.75, 3.05) is 0 Å². The van der Waals surface area contributed by atoms with Gasteiger partial charge in [0, 0.05) is 4.47 Å². The number of nitrogens with zero attached hydrogens (tertiary/aromatic N) is 3. The highest BCUT2D eigenvalue weighted by atomic mass is 79.9. The first-order chi connectivity index (χ1) is 8.86. The van der Waals surface area contributed by atoms with Gasteiger partial charge in [0.1, 0.15) is 0 Å². The zero-order chi connectivity index (χ0) is 14.0. The molecule has 0 radical (unpaired) electrons. The first-order valence-electron chi connectivity index (χ1n) is 5.12. The molecule has 0 amide bonds. The van der Waals surface area contributed by atoms with E-state index in [1.165, 1.54) is 4.68 Å². The van der Waals surface area contributed by atoms with Crippen molar-refractivity contribution in [3.05, 3.63) is 46.2 Å². The Labute approximate surface area is 114 Å². The van der Waals surface area contributed by atoms with Gasteiger partial charge in [0.2, 0.25) is 0 Å². The van der Waals surface area contributed by atoms with Crippen molar-refractivity contribution in [3.63, 3.8) is 0 Å². The summed E-state index contributed by atoms with van der Waals surface area (Å²) >= 11 is 3.27. The van der Waals surface area contributed by atoms with E-state index in [1.807, 2.05) is 0 Å². The zero-order valence-corrected chi connectivity index (χ0v) is 10.9. The standard InChI is InChI=1S/C11H7BrF3N3O/c12-8-3-1-7(2-4-8)5-18-6-9(16-17-18)10(19)11(13,14)15/h1-4,6H,5H2. The molecule has 1 heterocycles. The molecule has 8 heteroatoms. The number of halogens is 4. The molecule has 0 aliphatic heterocycles. The Balaban J connectivity index is 2.14. The van der Waals surface area contributed by atoms with E-state index in [9.17, 15) is 18.0 Å². The van der Waals surface area contributed by atoms with Crippen LogP contribution in [0, 0.1) is 0 Å². The number of benzene rings is 1. The largest absolute Gasteiger partial charge is 0.456 e. The summed E-state index contributed by atoms with van der Waals surface area (Å²) in [6, 6.07) is 7.18. The average molecular weight is 334 g/mol. The van der Waals surface area contributed by atoms with Gasteiger partial charge in [-0.05, 0) is 17.7 Å². The molecule has 0 spiro atoms. The minimum absolute atomic E-state index is 0.241. The van der Waals surface area contributed by atoms with Crippen molar-refractivity contribution >= 4 is 21.7 Å². The molecular formula is C11H7BrF3N3O. The van der Waals surface area contributed by atoms with Crippen molar-refractivity contribution in [2.45, 2.75) is 12.7 Å². The maximum Gasteiger partial charge on any atom is 0.456 e. The predicted octanol–water partition coefficient (Wildman–Crippen LogP) is 2.83. The van der Waals surface area contributed by atoms with Crippen molar-refractivity contribution in [2.24, 2.45) is 0 Å². The molecule has 4 nitrogen and oxygen atoms in total. The Morgan fingerprint density at radius 3 is 2.47 bits per heavy atom. The van der Waals surface area contributed by atoms with Gasteiger partial charge in [-0.3, -0.25) is 4.79 Å². The maximum absolute atomic E-state index is 12.2. The monoisotopic (exact) mass is 333 g/mol. The third-order valence-electron chi connectivity index (χ3n) is 2.29. The molecular weight excluding hydrogens is 327 g/mol. The fourth-order valence-corrected chi connectivity index (χ4v) is 1.67. The Hall–Kier alpha value is -1.70. The van der Waals surface area contributed by atoms with E-state index in [4.69, 9.17) is 0 Å². The fraction of sp³-hybridized carbons (Fsp3) is 0.182. The highest BCUT2D eigenvalue weighted by molar-refractivity contribution is 9.10. The molecule has 1 aromatic carbocycles. The summed E-state index contributed by atoms with van der Waals surface area (Å²) in [6.07, 6.45) is -3.95. The molecule has 0 atom stereocenters. The SMILES string of the molecule is O=C(c1cn(Cc2ccc(Br)cc2)nn1)C(F)(F)F. The summed E-state index contributed by atoms with van der Waals surface area (Å²) in [5.41, 5.74) is 0.128. The van der Waals surface area contributed by atoms with E-state index in [2.05, 4.69) is 26.2 Å². The maximum atomic E-state index is 12.2. The van der Waals surface area contributed by atoms with Gasteiger partial charge in [-0.2, -0.15) is 13.2 Å². The lowest BCUT2D eigenvalue weighted by Gasteiger charge is -2.01. The summed E-state index contributed by atoms with van der Waals surface area (Å²) in [7, 11) is 0. The van der Waals surface area contributed by atoms with Gasteiger partial charge < -0.3 is 0 Å². The summed E-state index contributed by atoms with van der Waals surface area (Å²) in [5.74, 6) is -1.99. The number of aromatic nitrogens is 3. The lowest BCUT2D eigenvalue weighted by molar-refractivity contribution is -0.0888. The fourth-order valence-electron chi connectivity index (χ4n) is 1.40. The van der Waals surface area contributed by atoms with Gasteiger partial charge in [-0.15, -0.1) is 5.10 Å². The number of alkyl halides is 3. The second-order valence-corrected chi connectivity index (χ2v) is 4.67. The Kier molecular flexibility index (Phi) is 3.70. The third kappa shape index (κ3) is 3.40. The number of Topliss-reactive ketones (excluding diaryl/α,β-unsaturated/α-hetero) is 1. The van der Waals surface area contributed by atoms with Crippen LogP contribution < -0.4 is 0 Å². The van der Waals surface area contributed by atoms with E-state index in [-0.39, 0.29) is 6.54 Å². The van der Waals surface area contributed by atoms with E-state index in [0.717, 1.165) is 16.2 Å². The molecule has 2 aromatic rings. The number of hydrogen-bond donors (Lipinski definition) is 0. The Bertz CT molecular complexity index is 592. The topological polar surface area (TPSA) is 47.8 Å². The van der Waals surface area contributed by atoms with Gasteiger partial charge >= 0.3 is 6.18 Å². The predicted molar refractivity (Wildman–Crippen MR) is 63.7 cm³/mol. The first-order valence-corrected chi connectivity index (χ1v) is 5.91. The van der Waals surface area contributed by atoms with Gasteiger partial charge in [0.05, 0.1) is 12.7 Å². The molecule has 100 valence electrons. The van der Waals surface area contributed by atoms with Gasteiger partial charge in [0.25, 0.3) is 5.78 Å². The van der Waals surface area contributed by atoms with E-state index in [0.29, 0.717) is 0 Å². The van der Waals surface area contributed by atoms with E-state index in [1.54, 1.807) is 24.3 Å². The highest BCUT2D eigenvalue weighted by Crippen LogP contribution is 2.20. The molecule has 1 aromatic heterocycles. The lowest BCUT2D eigenvalue weighted by Crippen LogP contribution is -2.23. The third-order valence-corrected chi connectivity index (χ3v) is 2.82. The molecule has 0 aliphatic rings. The summed E-state index contributed by atoms with van der Waals surface area (Å²) in [5, 5.41) is 6.73. The molecule has 19 heavy (non-hydrogen) atoms. The molecule has 0 unspecified atom stereocenters. The number of hydrogen-bond acceptors (Lipinski definition) is 3. The second-order valence-electron chi connectivity index (χ2n) is 3.75. The molecule has 0 saturated carbocycles. The normalized spacial score (nSPS) is 11.6. The van der Waals surface area contributed by atoms with Crippen LogP contribution in [0.1, 0.15) is 16.1 Å².